The van der Waals surface area contributed by atoms with Gasteiger partial charge in [-0.2, -0.15) is 0 Å². The molecule has 0 fully saturated rings. The van der Waals surface area contributed by atoms with E-state index in [0.29, 0.717) is 5.75 Å². The van der Waals surface area contributed by atoms with Crippen LogP contribution in [-0.4, -0.2) is 27.0 Å². The highest BCUT2D eigenvalue weighted by Gasteiger charge is 2.20. The normalized spacial score (nSPS) is 11.1. The Morgan fingerprint density at radius 1 is 1.19 bits per heavy atom. The Kier molecular flexibility index (Phi) is 5.00. The predicted octanol–water partition coefficient (Wildman–Crippen LogP) is 4.90. The Morgan fingerprint density at radius 3 is 2.78 bits per heavy atom. The van der Waals surface area contributed by atoms with Crippen molar-refractivity contribution in [1.82, 2.24) is 19.9 Å². The molecule has 27 heavy (non-hydrogen) atoms. The van der Waals surface area contributed by atoms with E-state index in [1.807, 2.05) is 42.6 Å². The summed E-state index contributed by atoms with van der Waals surface area (Å²) in [5.74, 6) is 3.02. The molecule has 3 aromatic heterocycles. The maximum atomic E-state index is 5.61. The van der Waals surface area contributed by atoms with Gasteiger partial charge in [-0.25, -0.2) is 0 Å². The lowest BCUT2D eigenvalue weighted by atomic mass is 10.2. The lowest BCUT2D eigenvalue weighted by Crippen LogP contribution is -2.02. The molecule has 0 aliphatic heterocycles. The summed E-state index contributed by atoms with van der Waals surface area (Å²) in [6, 6.07) is 12.1. The highest BCUT2D eigenvalue weighted by molar-refractivity contribution is 7.98. The highest BCUT2D eigenvalue weighted by atomic mass is 32.2. The summed E-state index contributed by atoms with van der Waals surface area (Å²) in [5.41, 5.74) is 2.94. The summed E-state index contributed by atoms with van der Waals surface area (Å²) >= 11 is 3.20. The highest BCUT2D eigenvalue weighted by Crippen LogP contribution is 2.35. The van der Waals surface area contributed by atoms with E-state index < -0.39 is 0 Å². The molecule has 0 atom stereocenters. The van der Waals surface area contributed by atoms with Gasteiger partial charge in [0.05, 0.1) is 23.4 Å². The number of aryl methyl sites for hydroxylation is 2. The number of benzene rings is 1. The van der Waals surface area contributed by atoms with E-state index in [1.54, 1.807) is 30.2 Å². The molecule has 6 nitrogen and oxygen atoms in total. The molecule has 0 N–H and O–H groups in total. The molecule has 0 radical (unpaired) electrons. The summed E-state index contributed by atoms with van der Waals surface area (Å²) in [7, 11) is 1.67. The predicted molar refractivity (Wildman–Crippen MR) is 107 cm³/mol. The van der Waals surface area contributed by atoms with Crippen molar-refractivity contribution in [2.45, 2.75) is 24.8 Å². The summed E-state index contributed by atoms with van der Waals surface area (Å²) in [6.07, 6.45) is 0. The summed E-state index contributed by atoms with van der Waals surface area (Å²) < 4.78 is 12.8. The van der Waals surface area contributed by atoms with E-state index in [1.165, 1.54) is 0 Å². The molecule has 4 rings (SSSR count). The van der Waals surface area contributed by atoms with Crippen LogP contribution in [0.1, 0.15) is 17.0 Å². The average molecular weight is 399 g/mol. The molecule has 0 aliphatic rings. The second-order valence-electron chi connectivity index (χ2n) is 6.01. The maximum absolute atomic E-state index is 5.61. The first-order chi connectivity index (χ1) is 13.2. The fourth-order valence-electron chi connectivity index (χ4n) is 2.75. The van der Waals surface area contributed by atoms with Gasteiger partial charge >= 0.3 is 0 Å². The Bertz CT molecular complexity index is 1050. The first-order valence-corrected chi connectivity index (χ1v) is 10.2. The third-order valence-corrected chi connectivity index (χ3v) is 5.80. The lowest BCUT2D eigenvalue weighted by Gasteiger charge is -2.14. The van der Waals surface area contributed by atoms with E-state index in [0.717, 1.165) is 44.3 Å². The molecular formula is C19H18N4O2S2. The zero-order valence-corrected chi connectivity index (χ0v) is 16.8. The van der Waals surface area contributed by atoms with E-state index in [9.17, 15) is 0 Å². The lowest BCUT2D eigenvalue weighted by molar-refractivity contribution is 0.393. The van der Waals surface area contributed by atoms with Crippen molar-refractivity contribution in [2.75, 3.05) is 7.11 Å². The first kappa shape index (κ1) is 17.8. The van der Waals surface area contributed by atoms with Crippen molar-refractivity contribution in [1.29, 1.82) is 0 Å². The number of rotatable bonds is 6. The van der Waals surface area contributed by atoms with Crippen LogP contribution in [0.3, 0.4) is 0 Å². The molecule has 0 spiro atoms. The van der Waals surface area contributed by atoms with E-state index in [4.69, 9.17) is 9.26 Å². The largest absolute Gasteiger partial charge is 0.495 e. The minimum atomic E-state index is 0.647. The van der Waals surface area contributed by atoms with Gasteiger partial charge in [0.25, 0.3) is 0 Å². The van der Waals surface area contributed by atoms with Crippen LogP contribution in [0.25, 0.3) is 16.4 Å². The van der Waals surface area contributed by atoms with Gasteiger partial charge in [-0.1, -0.05) is 29.1 Å². The molecule has 3 heterocycles. The molecule has 0 amide bonds. The molecule has 8 heteroatoms. The molecule has 0 saturated heterocycles. The number of hydrogen-bond acceptors (Lipinski definition) is 7. The van der Waals surface area contributed by atoms with Crippen LogP contribution in [0.15, 0.2) is 51.5 Å². The monoisotopic (exact) mass is 398 g/mol. The van der Waals surface area contributed by atoms with Crippen molar-refractivity contribution in [2.24, 2.45) is 0 Å². The third-order valence-electron chi connectivity index (χ3n) is 3.98. The van der Waals surface area contributed by atoms with Crippen molar-refractivity contribution >= 4 is 23.1 Å². The van der Waals surface area contributed by atoms with Crippen LogP contribution in [0.2, 0.25) is 0 Å². The summed E-state index contributed by atoms with van der Waals surface area (Å²) in [6.45, 7) is 3.94. The number of thiophene rings is 1. The quantitative estimate of drug-likeness (QED) is 0.430. The maximum Gasteiger partial charge on any atom is 0.196 e. The molecule has 0 unspecified atom stereocenters. The smallest absolute Gasteiger partial charge is 0.196 e. The van der Waals surface area contributed by atoms with Crippen molar-refractivity contribution in [3.05, 3.63) is 58.8 Å². The molecule has 138 valence electrons. The van der Waals surface area contributed by atoms with Crippen LogP contribution in [-0.2, 0) is 5.75 Å². The van der Waals surface area contributed by atoms with Gasteiger partial charge in [-0.05, 0) is 43.0 Å². The Morgan fingerprint density at radius 2 is 2.07 bits per heavy atom. The second-order valence-corrected chi connectivity index (χ2v) is 7.90. The van der Waals surface area contributed by atoms with E-state index >= 15 is 0 Å². The number of nitrogens with zero attached hydrogens (tertiary/aromatic N) is 4. The first-order valence-electron chi connectivity index (χ1n) is 8.35. The number of aromatic nitrogens is 4. The van der Waals surface area contributed by atoms with Gasteiger partial charge in [-0.15, -0.1) is 21.5 Å². The van der Waals surface area contributed by atoms with E-state index in [-0.39, 0.29) is 0 Å². The molecule has 0 bridgehead atoms. The van der Waals surface area contributed by atoms with Gasteiger partial charge < -0.3 is 9.26 Å². The number of ether oxygens (including phenoxy) is 1. The summed E-state index contributed by atoms with van der Waals surface area (Å²) in [4.78, 5) is 1.05. The van der Waals surface area contributed by atoms with Crippen LogP contribution in [0, 0.1) is 13.8 Å². The fraction of sp³-hybridized carbons (Fsp3) is 0.211. The van der Waals surface area contributed by atoms with Gasteiger partial charge in [-0.3, -0.25) is 4.57 Å². The van der Waals surface area contributed by atoms with E-state index in [2.05, 4.69) is 32.9 Å². The van der Waals surface area contributed by atoms with Crippen LogP contribution in [0.5, 0.6) is 5.75 Å². The van der Waals surface area contributed by atoms with Crippen molar-refractivity contribution < 1.29 is 9.26 Å². The average Bonchev–Trinajstić information content (AvgIpc) is 3.40. The number of thioether (sulfide) groups is 1. The topological polar surface area (TPSA) is 66.0 Å². The Labute approximate surface area is 165 Å². The zero-order valence-electron chi connectivity index (χ0n) is 15.2. The van der Waals surface area contributed by atoms with Gasteiger partial charge in [0.15, 0.2) is 11.0 Å². The third kappa shape index (κ3) is 3.63. The standard InChI is InChI=1S/C19H18N4O2S2/c1-12-6-7-16(24-3)15(9-12)23-18(17-5-4-8-26-17)20-21-19(23)27-11-14-10-13(2)25-22-14/h4-10H,11H2,1-3H3. The molecule has 0 aliphatic carbocycles. The molecule has 1 aromatic carbocycles. The minimum absolute atomic E-state index is 0.647. The van der Waals surface area contributed by atoms with Gasteiger partial charge in [0.1, 0.15) is 11.5 Å². The van der Waals surface area contributed by atoms with Crippen LogP contribution < -0.4 is 4.74 Å². The van der Waals surface area contributed by atoms with Crippen LogP contribution in [0.4, 0.5) is 0 Å². The minimum Gasteiger partial charge on any atom is -0.495 e. The van der Waals surface area contributed by atoms with Crippen molar-refractivity contribution in [3.8, 4) is 22.1 Å². The van der Waals surface area contributed by atoms with Gasteiger partial charge in [0, 0.05) is 11.8 Å². The fourth-order valence-corrected chi connectivity index (χ4v) is 4.27. The zero-order chi connectivity index (χ0) is 18.8. The Balaban J connectivity index is 1.79. The number of methoxy groups -OCH3 is 1. The van der Waals surface area contributed by atoms with Crippen molar-refractivity contribution in [3.63, 3.8) is 0 Å². The molecule has 4 aromatic rings. The molecule has 0 saturated carbocycles. The molecular weight excluding hydrogens is 380 g/mol. The van der Waals surface area contributed by atoms with Gasteiger partial charge in [0.2, 0.25) is 0 Å². The SMILES string of the molecule is COc1ccc(C)cc1-n1c(SCc2cc(C)on2)nnc1-c1cccs1. The van der Waals surface area contributed by atoms with Crippen LogP contribution >= 0.6 is 23.1 Å². The second kappa shape index (κ2) is 7.58. The summed E-state index contributed by atoms with van der Waals surface area (Å²) in [5, 5.41) is 15.8. The number of hydrogen-bond donors (Lipinski definition) is 0. The Hall–Kier alpha value is -2.58.